The highest BCUT2D eigenvalue weighted by molar-refractivity contribution is 6.31. The van der Waals surface area contributed by atoms with Gasteiger partial charge < -0.3 is 9.84 Å². The molecule has 0 aromatic heterocycles. The van der Waals surface area contributed by atoms with Crippen LogP contribution in [0, 0.1) is 0 Å². The standard InChI is InChI=1S/C12H17ClO2/c1-2-7-15-9-11(14)8-10-5-3-4-6-12(10)13/h3-6,11,14H,2,7-9H2,1H3. The molecule has 1 aromatic rings. The smallest absolute Gasteiger partial charge is 0.0814 e. The maximum Gasteiger partial charge on any atom is 0.0814 e. The number of aliphatic hydroxyl groups is 1. The van der Waals surface area contributed by atoms with Crippen LogP contribution in [-0.4, -0.2) is 24.4 Å². The van der Waals surface area contributed by atoms with Crippen molar-refractivity contribution in [1.29, 1.82) is 0 Å². The lowest BCUT2D eigenvalue weighted by Gasteiger charge is -2.11. The molecule has 1 rings (SSSR count). The third kappa shape index (κ3) is 4.65. The highest BCUT2D eigenvalue weighted by atomic mass is 35.5. The van der Waals surface area contributed by atoms with E-state index < -0.39 is 6.10 Å². The molecule has 0 bridgehead atoms. The number of hydrogen-bond acceptors (Lipinski definition) is 2. The van der Waals surface area contributed by atoms with Gasteiger partial charge in [0.15, 0.2) is 0 Å². The first-order valence-electron chi connectivity index (χ1n) is 5.23. The Bertz CT molecular complexity index is 289. The Morgan fingerprint density at radius 1 is 1.40 bits per heavy atom. The van der Waals surface area contributed by atoms with Crippen molar-refractivity contribution in [2.45, 2.75) is 25.9 Å². The summed E-state index contributed by atoms with van der Waals surface area (Å²) < 4.78 is 5.26. The van der Waals surface area contributed by atoms with Crippen LogP contribution in [0.25, 0.3) is 0 Å². The number of aliphatic hydroxyl groups excluding tert-OH is 1. The normalized spacial score (nSPS) is 12.7. The number of ether oxygens (including phenoxy) is 1. The van der Waals surface area contributed by atoms with Crippen LogP contribution >= 0.6 is 11.6 Å². The maximum absolute atomic E-state index is 9.67. The van der Waals surface area contributed by atoms with E-state index in [-0.39, 0.29) is 0 Å². The van der Waals surface area contributed by atoms with Gasteiger partial charge in [-0.05, 0) is 18.1 Å². The lowest BCUT2D eigenvalue weighted by atomic mass is 10.1. The molecule has 0 saturated carbocycles. The van der Waals surface area contributed by atoms with E-state index in [0.717, 1.165) is 12.0 Å². The van der Waals surface area contributed by atoms with Crippen LogP contribution in [0.5, 0.6) is 0 Å². The van der Waals surface area contributed by atoms with Gasteiger partial charge in [0.05, 0.1) is 12.7 Å². The second kappa shape index (κ2) is 6.83. The molecule has 0 fully saturated rings. The van der Waals surface area contributed by atoms with Gasteiger partial charge in [-0.15, -0.1) is 0 Å². The highest BCUT2D eigenvalue weighted by Crippen LogP contribution is 2.16. The zero-order chi connectivity index (χ0) is 11.1. The largest absolute Gasteiger partial charge is 0.390 e. The Morgan fingerprint density at radius 3 is 2.80 bits per heavy atom. The third-order valence-electron chi connectivity index (χ3n) is 2.07. The zero-order valence-corrected chi connectivity index (χ0v) is 9.70. The van der Waals surface area contributed by atoms with Gasteiger partial charge in [-0.1, -0.05) is 36.7 Å². The zero-order valence-electron chi connectivity index (χ0n) is 8.95. The second-order valence-electron chi connectivity index (χ2n) is 3.52. The van der Waals surface area contributed by atoms with Gasteiger partial charge >= 0.3 is 0 Å². The fourth-order valence-electron chi connectivity index (χ4n) is 1.34. The van der Waals surface area contributed by atoms with Crippen LogP contribution in [0.4, 0.5) is 0 Å². The predicted octanol–water partition coefficient (Wildman–Crippen LogP) is 2.67. The molecule has 0 aliphatic heterocycles. The van der Waals surface area contributed by atoms with E-state index >= 15 is 0 Å². The molecule has 0 radical (unpaired) electrons. The molecule has 1 atom stereocenters. The van der Waals surface area contributed by atoms with Crippen LogP contribution in [-0.2, 0) is 11.2 Å². The van der Waals surface area contributed by atoms with E-state index in [4.69, 9.17) is 16.3 Å². The van der Waals surface area contributed by atoms with Crippen LogP contribution in [0.15, 0.2) is 24.3 Å². The summed E-state index contributed by atoms with van der Waals surface area (Å²) in [5.74, 6) is 0. The van der Waals surface area contributed by atoms with Gasteiger partial charge in [-0.25, -0.2) is 0 Å². The topological polar surface area (TPSA) is 29.5 Å². The monoisotopic (exact) mass is 228 g/mol. The summed E-state index contributed by atoms with van der Waals surface area (Å²) in [6.45, 7) is 3.11. The van der Waals surface area contributed by atoms with Gasteiger partial charge in [-0.3, -0.25) is 0 Å². The average Bonchev–Trinajstić information content (AvgIpc) is 2.22. The average molecular weight is 229 g/mol. The Balaban J connectivity index is 2.37. The maximum atomic E-state index is 9.67. The van der Waals surface area contributed by atoms with Crippen molar-refractivity contribution < 1.29 is 9.84 Å². The molecule has 3 heteroatoms. The summed E-state index contributed by atoms with van der Waals surface area (Å²) in [5, 5.41) is 10.4. The van der Waals surface area contributed by atoms with Gasteiger partial charge in [0.2, 0.25) is 0 Å². The first kappa shape index (κ1) is 12.5. The van der Waals surface area contributed by atoms with Gasteiger partial charge in [-0.2, -0.15) is 0 Å². The molecule has 0 aliphatic rings. The third-order valence-corrected chi connectivity index (χ3v) is 2.44. The number of benzene rings is 1. The molecule has 0 spiro atoms. The summed E-state index contributed by atoms with van der Waals surface area (Å²) in [7, 11) is 0. The molecule has 0 heterocycles. The van der Waals surface area contributed by atoms with E-state index in [1.54, 1.807) is 0 Å². The molecule has 1 aromatic carbocycles. The number of halogens is 1. The van der Waals surface area contributed by atoms with Crippen molar-refractivity contribution in [2.75, 3.05) is 13.2 Å². The second-order valence-corrected chi connectivity index (χ2v) is 3.93. The quantitative estimate of drug-likeness (QED) is 0.759. The minimum Gasteiger partial charge on any atom is -0.390 e. The van der Waals surface area contributed by atoms with Crippen molar-refractivity contribution in [2.24, 2.45) is 0 Å². The summed E-state index contributed by atoms with van der Waals surface area (Å²) in [6, 6.07) is 7.55. The van der Waals surface area contributed by atoms with Crippen LogP contribution in [0.3, 0.4) is 0 Å². The Hall–Kier alpha value is -0.570. The first-order chi connectivity index (χ1) is 7.24. The molecule has 0 amide bonds. The molecular formula is C12H17ClO2. The lowest BCUT2D eigenvalue weighted by Crippen LogP contribution is -2.18. The van der Waals surface area contributed by atoms with E-state index in [0.29, 0.717) is 24.7 Å². The number of rotatable bonds is 6. The van der Waals surface area contributed by atoms with Gasteiger partial charge in [0, 0.05) is 18.1 Å². The summed E-state index contributed by atoms with van der Waals surface area (Å²) in [6.07, 6.45) is 1.04. The van der Waals surface area contributed by atoms with E-state index in [1.807, 2.05) is 31.2 Å². The fraction of sp³-hybridized carbons (Fsp3) is 0.500. The van der Waals surface area contributed by atoms with Crippen LogP contribution in [0.1, 0.15) is 18.9 Å². The Kier molecular flexibility index (Phi) is 5.69. The minimum atomic E-state index is -0.476. The molecule has 0 saturated heterocycles. The van der Waals surface area contributed by atoms with Crippen LogP contribution < -0.4 is 0 Å². The Labute approximate surface area is 95.8 Å². The van der Waals surface area contributed by atoms with E-state index in [2.05, 4.69) is 0 Å². The molecule has 1 unspecified atom stereocenters. The van der Waals surface area contributed by atoms with Crippen molar-refractivity contribution in [3.8, 4) is 0 Å². The fourth-order valence-corrected chi connectivity index (χ4v) is 1.55. The summed E-state index contributed by atoms with van der Waals surface area (Å²) in [4.78, 5) is 0. The minimum absolute atomic E-state index is 0.374. The van der Waals surface area contributed by atoms with Crippen molar-refractivity contribution >= 4 is 11.6 Å². The van der Waals surface area contributed by atoms with E-state index in [9.17, 15) is 5.11 Å². The summed E-state index contributed by atoms with van der Waals surface area (Å²) >= 11 is 5.98. The molecule has 1 N–H and O–H groups in total. The number of hydrogen-bond donors (Lipinski definition) is 1. The van der Waals surface area contributed by atoms with Crippen molar-refractivity contribution in [1.82, 2.24) is 0 Å². The highest BCUT2D eigenvalue weighted by Gasteiger charge is 2.07. The molecule has 0 aliphatic carbocycles. The predicted molar refractivity (Wildman–Crippen MR) is 62.3 cm³/mol. The van der Waals surface area contributed by atoms with Gasteiger partial charge in [0.1, 0.15) is 0 Å². The SMILES string of the molecule is CCCOCC(O)Cc1ccccc1Cl. The Morgan fingerprint density at radius 2 is 2.13 bits per heavy atom. The molecule has 2 nitrogen and oxygen atoms in total. The van der Waals surface area contributed by atoms with E-state index in [1.165, 1.54) is 0 Å². The van der Waals surface area contributed by atoms with Crippen molar-refractivity contribution in [3.05, 3.63) is 34.9 Å². The molecule has 84 valence electrons. The molecular weight excluding hydrogens is 212 g/mol. The summed E-state index contributed by atoms with van der Waals surface area (Å²) in [5.41, 5.74) is 0.965. The van der Waals surface area contributed by atoms with Gasteiger partial charge in [0.25, 0.3) is 0 Å². The van der Waals surface area contributed by atoms with Crippen molar-refractivity contribution in [3.63, 3.8) is 0 Å². The molecule has 15 heavy (non-hydrogen) atoms. The van der Waals surface area contributed by atoms with Crippen LogP contribution in [0.2, 0.25) is 5.02 Å². The first-order valence-corrected chi connectivity index (χ1v) is 5.61. The lowest BCUT2D eigenvalue weighted by molar-refractivity contribution is 0.0374.